The molecule has 1 aliphatic rings. The Morgan fingerprint density at radius 2 is 2.32 bits per heavy atom. The van der Waals surface area contributed by atoms with Crippen molar-refractivity contribution in [2.24, 2.45) is 0 Å². The van der Waals surface area contributed by atoms with Gasteiger partial charge in [-0.3, -0.25) is 10.1 Å². The third-order valence-electron chi connectivity index (χ3n) is 2.91. The zero-order chi connectivity index (χ0) is 15.5. The number of aromatic nitrogens is 2. The van der Waals surface area contributed by atoms with Gasteiger partial charge in [0.2, 0.25) is 11.0 Å². The molecule has 2 heterocycles. The van der Waals surface area contributed by atoms with E-state index in [0.717, 1.165) is 21.9 Å². The highest BCUT2D eigenvalue weighted by Gasteiger charge is 2.10. The van der Waals surface area contributed by atoms with E-state index in [9.17, 15) is 4.79 Å². The zero-order valence-corrected chi connectivity index (χ0v) is 13.2. The molecule has 0 saturated heterocycles. The highest BCUT2D eigenvalue weighted by molar-refractivity contribution is 7.15. The molecular formula is C15H12ClN3O2S. The minimum absolute atomic E-state index is 0.256. The minimum Gasteiger partial charge on any atom is -0.488 e. The molecule has 3 rings (SSSR count). The number of fused-ring (bicyclic) bond motifs is 1. The maximum Gasteiger partial charge on any atom is 0.250 e. The van der Waals surface area contributed by atoms with Crippen LogP contribution in [-0.2, 0) is 4.79 Å². The summed E-state index contributed by atoms with van der Waals surface area (Å²) in [5.41, 5.74) is 1.79. The van der Waals surface area contributed by atoms with Crippen LogP contribution in [0, 0.1) is 6.92 Å². The molecule has 1 aliphatic heterocycles. The van der Waals surface area contributed by atoms with E-state index in [-0.39, 0.29) is 5.91 Å². The van der Waals surface area contributed by atoms with Crippen LogP contribution in [0.1, 0.15) is 10.6 Å². The van der Waals surface area contributed by atoms with Gasteiger partial charge in [-0.15, -0.1) is 10.2 Å². The van der Waals surface area contributed by atoms with Gasteiger partial charge in [-0.25, -0.2) is 0 Å². The summed E-state index contributed by atoms with van der Waals surface area (Å²) < 4.78 is 5.61. The largest absolute Gasteiger partial charge is 0.488 e. The van der Waals surface area contributed by atoms with Crippen molar-refractivity contribution in [2.75, 3.05) is 11.9 Å². The molecule has 0 atom stereocenters. The first kappa shape index (κ1) is 14.7. The number of hydrogen-bond donors (Lipinski definition) is 1. The van der Waals surface area contributed by atoms with Crippen molar-refractivity contribution in [3.63, 3.8) is 0 Å². The lowest BCUT2D eigenvalue weighted by Gasteiger charge is -2.16. The van der Waals surface area contributed by atoms with Crippen LogP contribution in [0.15, 0.2) is 35.9 Å². The number of hydrogen-bond acceptors (Lipinski definition) is 5. The van der Waals surface area contributed by atoms with Gasteiger partial charge < -0.3 is 4.74 Å². The van der Waals surface area contributed by atoms with E-state index in [1.165, 1.54) is 17.4 Å². The number of rotatable bonds is 3. The molecule has 0 radical (unpaired) electrons. The SMILES string of the molecule is Cc1nnc(NC(=O)/C=C/C2=Cc3cc(Cl)ccc3OC2)s1. The van der Waals surface area contributed by atoms with Crippen molar-refractivity contribution in [3.8, 4) is 5.75 Å². The molecule has 1 N–H and O–H groups in total. The Morgan fingerprint density at radius 3 is 3.09 bits per heavy atom. The van der Waals surface area contributed by atoms with Gasteiger partial charge in [0.15, 0.2) is 0 Å². The predicted octanol–water partition coefficient (Wildman–Crippen LogP) is 3.47. The molecule has 0 bridgehead atoms. The van der Waals surface area contributed by atoms with Crippen molar-refractivity contribution in [2.45, 2.75) is 6.92 Å². The highest BCUT2D eigenvalue weighted by Crippen LogP contribution is 2.29. The fourth-order valence-electron chi connectivity index (χ4n) is 1.94. The van der Waals surface area contributed by atoms with E-state index in [0.29, 0.717) is 16.8 Å². The van der Waals surface area contributed by atoms with Crippen LogP contribution in [0.5, 0.6) is 5.75 Å². The van der Waals surface area contributed by atoms with Gasteiger partial charge in [-0.05, 0) is 36.8 Å². The number of carbonyl (C=O) groups is 1. The summed E-state index contributed by atoms with van der Waals surface area (Å²) in [5, 5.41) is 12.3. The molecule has 2 aromatic rings. The molecule has 0 unspecified atom stereocenters. The second kappa shape index (κ2) is 6.29. The maximum absolute atomic E-state index is 11.8. The molecule has 112 valence electrons. The van der Waals surface area contributed by atoms with E-state index in [1.807, 2.05) is 25.1 Å². The van der Waals surface area contributed by atoms with Crippen molar-refractivity contribution in [3.05, 3.63) is 51.5 Å². The second-order valence-electron chi connectivity index (χ2n) is 4.64. The highest BCUT2D eigenvalue weighted by atomic mass is 35.5. The third kappa shape index (κ3) is 3.52. The number of carbonyl (C=O) groups excluding carboxylic acids is 1. The smallest absolute Gasteiger partial charge is 0.250 e. The Balaban J connectivity index is 1.69. The van der Waals surface area contributed by atoms with E-state index in [4.69, 9.17) is 16.3 Å². The summed E-state index contributed by atoms with van der Waals surface area (Å²) in [6, 6.07) is 5.44. The van der Waals surface area contributed by atoms with Gasteiger partial charge in [-0.1, -0.05) is 29.0 Å². The molecule has 1 aromatic heterocycles. The van der Waals surface area contributed by atoms with Gasteiger partial charge in [-0.2, -0.15) is 0 Å². The van der Waals surface area contributed by atoms with Gasteiger partial charge in [0, 0.05) is 16.7 Å². The normalized spacial score (nSPS) is 13.5. The van der Waals surface area contributed by atoms with Crippen LogP contribution >= 0.6 is 22.9 Å². The van der Waals surface area contributed by atoms with Crippen LogP contribution < -0.4 is 10.1 Å². The Bertz CT molecular complexity index is 783. The number of aryl methyl sites for hydroxylation is 1. The van der Waals surface area contributed by atoms with Crippen molar-refractivity contribution in [1.82, 2.24) is 10.2 Å². The minimum atomic E-state index is -0.256. The summed E-state index contributed by atoms with van der Waals surface area (Å²) in [7, 11) is 0. The number of nitrogens with one attached hydrogen (secondary N) is 1. The van der Waals surface area contributed by atoms with Crippen LogP contribution in [0.4, 0.5) is 5.13 Å². The predicted molar refractivity (Wildman–Crippen MR) is 87.3 cm³/mol. The Hall–Kier alpha value is -2.18. The molecule has 5 nitrogen and oxygen atoms in total. The van der Waals surface area contributed by atoms with Crippen LogP contribution in [0.25, 0.3) is 6.08 Å². The van der Waals surface area contributed by atoms with Crippen LogP contribution in [0.2, 0.25) is 5.02 Å². The summed E-state index contributed by atoms with van der Waals surface area (Å²) in [5.74, 6) is 0.532. The molecule has 0 fully saturated rings. The maximum atomic E-state index is 11.8. The number of ether oxygens (including phenoxy) is 1. The van der Waals surface area contributed by atoms with Crippen molar-refractivity contribution in [1.29, 1.82) is 0 Å². The number of nitrogens with zero attached hydrogens (tertiary/aromatic N) is 2. The summed E-state index contributed by atoms with van der Waals surface area (Å²) in [6.07, 6.45) is 5.11. The average Bonchev–Trinajstić information content (AvgIpc) is 2.89. The number of amides is 1. The fourth-order valence-corrected chi connectivity index (χ4v) is 2.71. The molecule has 7 heteroatoms. The molecule has 1 amide bonds. The fraction of sp³-hybridized carbons (Fsp3) is 0.133. The molecule has 22 heavy (non-hydrogen) atoms. The zero-order valence-electron chi connectivity index (χ0n) is 11.7. The van der Waals surface area contributed by atoms with Gasteiger partial charge in [0.05, 0.1) is 0 Å². The summed E-state index contributed by atoms with van der Waals surface area (Å²) >= 11 is 7.29. The number of halogens is 1. The Kier molecular flexibility index (Phi) is 4.22. The first-order chi connectivity index (χ1) is 10.6. The number of anilines is 1. The molecule has 0 spiro atoms. The van der Waals surface area contributed by atoms with Gasteiger partial charge in [0.1, 0.15) is 17.4 Å². The van der Waals surface area contributed by atoms with Crippen molar-refractivity contribution < 1.29 is 9.53 Å². The third-order valence-corrected chi connectivity index (χ3v) is 3.90. The standard InChI is InChI=1S/C15H12ClN3O2S/c1-9-18-19-15(22-9)17-14(20)5-2-10-6-11-7-12(16)3-4-13(11)21-8-10/h2-7H,8H2,1H3,(H,17,19,20)/b5-2+. The van der Waals surface area contributed by atoms with E-state index in [2.05, 4.69) is 15.5 Å². The lowest BCUT2D eigenvalue weighted by atomic mass is 10.1. The second-order valence-corrected chi connectivity index (χ2v) is 6.26. The summed E-state index contributed by atoms with van der Waals surface area (Å²) in [4.78, 5) is 11.8. The van der Waals surface area contributed by atoms with Crippen LogP contribution in [0.3, 0.4) is 0 Å². The van der Waals surface area contributed by atoms with Crippen molar-refractivity contribution >= 4 is 40.1 Å². The molecule has 1 aromatic carbocycles. The van der Waals surface area contributed by atoms with Gasteiger partial charge >= 0.3 is 0 Å². The molecule has 0 aliphatic carbocycles. The summed E-state index contributed by atoms with van der Waals surface area (Å²) in [6.45, 7) is 2.24. The molecular weight excluding hydrogens is 322 g/mol. The monoisotopic (exact) mass is 333 g/mol. The van der Waals surface area contributed by atoms with Crippen LogP contribution in [-0.4, -0.2) is 22.7 Å². The number of benzene rings is 1. The Labute approximate surface area is 136 Å². The first-order valence-electron chi connectivity index (χ1n) is 6.52. The van der Waals surface area contributed by atoms with E-state index in [1.54, 1.807) is 12.1 Å². The Morgan fingerprint density at radius 1 is 1.45 bits per heavy atom. The topological polar surface area (TPSA) is 64.1 Å². The molecule has 0 saturated carbocycles. The quantitative estimate of drug-likeness (QED) is 0.873. The van der Waals surface area contributed by atoms with E-state index < -0.39 is 0 Å². The lowest BCUT2D eigenvalue weighted by Crippen LogP contribution is -2.09. The first-order valence-corrected chi connectivity index (χ1v) is 7.72. The lowest BCUT2D eigenvalue weighted by molar-refractivity contribution is -0.111. The van der Waals surface area contributed by atoms with E-state index >= 15 is 0 Å². The van der Waals surface area contributed by atoms with Gasteiger partial charge in [0.25, 0.3) is 0 Å². The average molecular weight is 334 g/mol.